The van der Waals surface area contributed by atoms with Gasteiger partial charge in [-0.3, -0.25) is 0 Å². The second-order valence-electron chi connectivity index (χ2n) is 14.4. The highest BCUT2D eigenvalue weighted by atomic mass is 32.3. The average molecular weight is 659 g/mol. The number of esters is 2. The van der Waals surface area contributed by atoms with Gasteiger partial charge in [-0.05, 0) is 116 Å². The van der Waals surface area contributed by atoms with Crippen LogP contribution in [-0.4, -0.2) is 66.8 Å². The Morgan fingerprint density at radius 3 is 1.83 bits per heavy atom. The van der Waals surface area contributed by atoms with Crippen LogP contribution < -0.4 is 0 Å². The van der Waals surface area contributed by atoms with Crippen LogP contribution >= 0.6 is 10.0 Å². The Kier molecular flexibility index (Phi) is 16.4. The van der Waals surface area contributed by atoms with E-state index < -0.39 is 35.2 Å². The molecule has 0 radical (unpaired) electrons. The van der Waals surface area contributed by atoms with Crippen molar-refractivity contribution in [3.63, 3.8) is 0 Å². The maximum absolute atomic E-state index is 12.0. The third kappa shape index (κ3) is 12.2. The molecule has 0 bridgehead atoms. The van der Waals surface area contributed by atoms with Crippen LogP contribution in [-0.2, 0) is 19.1 Å². The van der Waals surface area contributed by atoms with Crippen LogP contribution in [0.2, 0.25) is 0 Å². The minimum atomic E-state index is -1.05. The van der Waals surface area contributed by atoms with E-state index in [2.05, 4.69) is 56.9 Å². The summed E-state index contributed by atoms with van der Waals surface area (Å²) in [5, 5.41) is 18.3. The molecule has 0 heterocycles. The van der Waals surface area contributed by atoms with E-state index in [4.69, 9.17) is 19.7 Å². The van der Waals surface area contributed by atoms with Crippen LogP contribution in [0.4, 0.5) is 0 Å². The summed E-state index contributed by atoms with van der Waals surface area (Å²) >= 11 is 0. The zero-order valence-electron chi connectivity index (χ0n) is 29.0. The van der Waals surface area contributed by atoms with Crippen LogP contribution in [0.1, 0.15) is 108 Å². The Labute approximate surface area is 280 Å². The van der Waals surface area contributed by atoms with Gasteiger partial charge in [-0.1, -0.05) is 70.7 Å². The summed E-state index contributed by atoms with van der Waals surface area (Å²) in [6, 6.07) is 9.44. The topological polar surface area (TPSA) is 93.1 Å². The maximum Gasteiger partial charge on any atom is 0.335 e. The standard InChI is InChI=1S/C39H62O6S/c1-6-7-8-10-31-12-14-33(15-13-31)34-16-18-35(19-17-34)36-20-22-37(23-21-36)46(4,5)24-9-11-32(27-44-38(42)29(2)25-40)28-45-39(43)30(3)26-41/h20-23,31-35,40-41H,2-3,6-19,24-28H2,1,4-5H3. The molecule has 7 heteroatoms. The van der Waals surface area contributed by atoms with E-state index in [1.807, 2.05) is 0 Å². The van der Waals surface area contributed by atoms with Gasteiger partial charge in [0.2, 0.25) is 0 Å². The summed E-state index contributed by atoms with van der Waals surface area (Å²) in [6.45, 7) is 8.51. The first kappa shape index (κ1) is 38.4. The Morgan fingerprint density at radius 1 is 0.804 bits per heavy atom. The largest absolute Gasteiger partial charge is 0.462 e. The van der Waals surface area contributed by atoms with Crippen molar-refractivity contribution in [3.8, 4) is 0 Å². The van der Waals surface area contributed by atoms with Gasteiger partial charge in [0.25, 0.3) is 0 Å². The fourth-order valence-electron chi connectivity index (χ4n) is 7.45. The molecule has 0 atom stereocenters. The predicted molar refractivity (Wildman–Crippen MR) is 190 cm³/mol. The number of benzene rings is 1. The highest BCUT2D eigenvalue weighted by Crippen LogP contribution is 2.51. The first-order valence-corrected chi connectivity index (χ1v) is 20.4. The molecule has 2 saturated carbocycles. The van der Waals surface area contributed by atoms with Crippen molar-refractivity contribution in [2.75, 3.05) is 44.7 Å². The molecule has 2 fully saturated rings. The summed E-state index contributed by atoms with van der Waals surface area (Å²) < 4.78 is 10.6. The summed E-state index contributed by atoms with van der Waals surface area (Å²) in [5.74, 6) is 3.07. The van der Waals surface area contributed by atoms with Crippen LogP contribution in [0.5, 0.6) is 0 Å². The molecule has 0 saturated heterocycles. The molecule has 2 aliphatic rings. The van der Waals surface area contributed by atoms with Gasteiger partial charge in [-0.15, -0.1) is 0 Å². The summed E-state index contributed by atoms with van der Waals surface area (Å²) in [5.41, 5.74) is 1.47. The van der Waals surface area contributed by atoms with Gasteiger partial charge in [0.1, 0.15) is 0 Å². The lowest BCUT2D eigenvalue weighted by Crippen LogP contribution is -2.25. The zero-order valence-corrected chi connectivity index (χ0v) is 29.8. The van der Waals surface area contributed by atoms with Crippen LogP contribution in [0.3, 0.4) is 0 Å². The number of unbranched alkanes of at least 4 members (excludes halogenated alkanes) is 2. The Bertz CT molecular complexity index is 1060. The van der Waals surface area contributed by atoms with Crippen molar-refractivity contribution in [2.45, 2.75) is 108 Å². The molecule has 0 aliphatic heterocycles. The van der Waals surface area contributed by atoms with E-state index in [-0.39, 0.29) is 30.3 Å². The van der Waals surface area contributed by atoms with E-state index in [0.29, 0.717) is 12.3 Å². The minimum absolute atomic E-state index is 0.0121. The third-order valence-corrected chi connectivity index (χ3v) is 13.5. The normalized spacial score (nSPS) is 22.3. The fourth-order valence-corrected chi connectivity index (χ4v) is 9.45. The second-order valence-corrected chi connectivity index (χ2v) is 18.4. The van der Waals surface area contributed by atoms with Crippen molar-refractivity contribution in [1.82, 2.24) is 0 Å². The molecule has 0 amide bonds. The van der Waals surface area contributed by atoms with Gasteiger partial charge in [0, 0.05) is 5.92 Å². The van der Waals surface area contributed by atoms with Crippen molar-refractivity contribution >= 4 is 22.0 Å². The molecule has 260 valence electrons. The van der Waals surface area contributed by atoms with Gasteiger partial charge in [-0.25, -0.2) is 19.6 Å². The molecule has 6 nitrogen and oxygen atoms in total. The summed E-state index contributed by atoms with van der Waals surface area (Å²) in [6.07, 6.45) is 23.2. The molecular weight excluding hydrogens is 596 g/mol. The van der Waals surface area contributed by atoms with Gasteiger partial charge in [0.05, 0.1) is 37.6 Å². The first-order chi connectivity index (χ1) is 22.1. The van der Waals surface area contributed by atoms with Crippen LogP contribution in [0.25, 0.3) is 0 Å². The van der Waals surface area contributed by atoms with Gasteiger partial charge in [0.15, 0.2) is 0 Å². The van der Waals surface area contributed by atoms with Crippen molar-refractivity contribution in [3.05, 3.63) is 54.1 Å². The minimum Gasteiger partial charge on any atom is -0.462 e. The molecule has 46 heavy (non-hydrogen) atoms. The molecule has 0 unspecified atom stereocenters. The number of hydrogen-bond donors (Lipinski definition) is 2. The quantitative estimate of drug-likeness (QED) is 0.0882. The first-order valence-electron chi connectivity index (χ1n) is 17.8. The summed E-state index contributed by atoms with van der Waals surface area (Å²) in [7, 11) is -1.05. The van der Waals surface area contributed by atoms with Crippen molar-refractivity contribution in [2.24, 2.45) is 23.7 Å². The van der Waals surface area contributed by atoms with E-state index in [1.165, 1.54) is 87.5 Å². The molecule has 0 spiro atoms. The highest BCUT2D eigenvalue weighted by molar-refractivity contribution is 8.32. The third-order valence-electron chi connectivity index (χ3n) is 10.7. The monoisotopic (exact) mass is 658 g/mol. The number of aliphatic hydroxyl groups is 2. The van der Waals surface area contributed by atoms with E-state index in [9.17, 15) is 9.59 Å². The smallest absolute Gasteiger partial charge is 0.335 e. The number of carbonyl (C=O) groups is 2. The highest BCUT2D eigenvalue weighted by Gasteiger charge is 2.31. The molecule has 0 aromatic heterocycles. The second kappa shape index (κ2) is 19.7. The number of ether oxygens (including phenoxy) is 2. The van der Waals surface area contributed by atoms with E-state index >= 15 is 0 Å². The molecule has 3 rings (SSSR count). The lowest BCUT2D eigenvalue weighted by molar-refractivity contribution is -0.144. The molecular formula is C39H62O6S. The van der Waals surface area contributed by atoms with Gasteiger partial charge < -0.3 is 19.7 Å². The Morgan fingerprint density at radius 2 is 1.33 bits per heavy atom. The average Bonchev–Trinajstić information content (AvgIpc) is 3.08. The lowest BCUT2D eigenvalue weighted by atomic mass is 9.68. The van der Waals surface area contributed by atoms with Crippen molar-refractivity contribution in [1.29, 1.82) is 0 Å². The van der Waals surface area contributed by atoms with E-state index in [1.54, 1.807) is 0 Å². The summed E-state index contributed by atoms with van der Waals surface area (Å²) in [4.78, 5) is 25.5. The number of rotatable bonds is 19. The van der Waals surface area contributed by atoms with Crippen LogP contribution in [0.15, 0.2) is 53.5 Å². The zero-order chi connectivity index (χ0) is 33.5. The Hall–Kier alpha value is -2.09. The van der Waals surface area contributed by atoms with Gasteiger partial charge >= 0.3 is 11.9 Å². The van der Waals surface area contributed by atoms with E-state index in [0.717, 1.165) is 29.9 Å². The molecule has 2 aliphatic carbocycles. The molecule has 2 N–H and O–H groups in total. The molecule has 1 aromatic rings. The predicted octanol–water partition coefficient (Wildman–Crippen LogP) is 8.35. The maximum atomic E-state index is 12.0. The number of hydrogen-bond acceptors (Lipinski definition) is 6. The van der Waals surface area contributed by atoms with Crippen LogP contribution in [0, 0.1) is 23.7 Å². The fraction of sp³-hybridized carbons (Fsp3) is 0.692. The molecule has 1 aromatic carbocycles. The van der Waals surface area contributed by atoms with Gasteiger partial charge in [-0.2, -0.15) is 0 Å². The number of aliphatic hydroxyl groups excluding tert-OH is 2. The SMILES string of the molecule is C=C(CO)C(=O)OCC(CCCS(C)(C)c1ccc(C2CCC(C3CCC(CCCCC)CC3)CC2)cc1)COC(=O)C(=C)CO. The van der Waals surface area contributed by atoms with Crippen molar-refractivity contribution < 1.29 is 29.3 Å². The number of carbonyl (C=O) groups excluding carboxylic acids is 2. The Balaban J connectivity index is 1.46. The lowest BCUT2D eigenvalue weighted by Gasteiger charge is -2.38.